The van der Waals surface area contributed by atoms with Crippen molar-refractivity contribution in [2.24, 2.45) is 11.3 Å². The third kappa shape index (κ3) is 1.07. The van der Waals surface area contributed by atoms with Crippen LogP contribution in [-0.4, -0.2) is 12.6 Å². The van der Waals surface area contributed by atoms with Gasteiger partial charge in [0.05, 0.1) is 12.7 Å². The highest BCUT2D eigenvalue weighted by Crippen LogP contribution is 2.53. The Morgan fingerprint density at radius 2 is 2.64 bits per heavy atom. The molecule has 1 saturated carbocycles. The Bertz CT molecular complexity index is 340. The molecule has 74 valence electrons. The van der Waals surface area contributed by atoms with Crippen LogP contribution < -0.4 is 0 Å². The fourth-order valence-corrected chi connectivity index (χ4v) is 2.49. The van der Waals surface area contributed by atoms with Gasteiger partial charge in [-0.25, -0.2) is 0 Å². The van der Waals surface area contributed by atoms with E-state index in [4.69, 9.17) is 10.00 Å². The molecule has 0 aromatic rings. The zero-order valence-electron chi connectivity index (χ0n) is 8.25. The van der Waals surface area contributed by atoms with Gasteiger partial charge in [-0.15, -0.1) is 0 Å². The number of nitrogens with zero attached hydrogens (tertiary/aromatic N) is 1. The topological polar surface area (TPSA) is 50.1 Å². The van der Waals surface area contributed by atoms with Gasteiger partial charge in [0, 0.05) is 0 Å². The van der Waals surface area contributed by atoms with E-state index >= 15 is 0 Å². The van der Waals surface area contributed by atoms with Crippen molar-refractivity contribution in [3.63, 3.8) is 0 Å². The number of rotatable bonds is 2. The maximum absolute atomic E-state index is 11.7. The molecule has 0 saturated heterocycles. The van der Waals surface area contributed by atoms with Gasteiger partial charge in [-0.3, -0.25) is 4.79 Å². The molecule has 2 bridgehead atoms. The molecule has 3 heteroatoms. The summed E-state index contributed by atoms with van der Waals surface area (Å²) in [5.41, 5.74) is 0.393. The number of carbonyl (C=O) groups is 1. The number of hydrogen-bond acceptors (Lipinski definition) is 3. The predicted octanol–water partition coefficient (Wildman–Crippen LogP) is 1.80. The van der Waals surface area contributed by atoms with Crippen LogP contribution in [0.3, 0.4) is 0 Å². The van der Waals surface area contributed by atoms with E-state index in [1.165, 1.54) is 5.57 Å². The van der Waals surface area contributed by atoms with Gasteiger partial charge in [0.25, 0.3) is 0 Å². The van der Waals surface area contributed by atoms with Gasteiger partial charge in [-0.1, -0.05) is 11.6 Å². The summed E-state index contributed by atoms with van der Waals surface area (Å²) in [4.78, 5) is 11.7. The molecule has 1 fully saturated rings. The van der Waals surface area contributed by atoms with Crippen molar-refractivity contribution >= 4 is 5.97 Å². The molecule has 2 atom stereocenters. The molecule has 0 N–H and O–H groups in total. The van der Waals surface area contributed by atoms with Gasteiger partial charge >= 0.3 is 5.97 Å². The first-order valence-electron chi connectivity index (χ1n) is 4.99. The highest BCUT2D eigenvalue weighted by atomic mass is 16.5. The SMILES string of the molecule is CCOC(=O)C1(C#N)CC2=CCC1C2. The minimum Gasteiger partial charge on any atom is -0.465 e. The molecule has 0 radical (unpaired) electrons. The number of nitriles is 1. The van der Waals surface area contributed by atoms with Crippen LogP contribution in [0.15, 0.2) is 11.6 Å². The number of ether oxygens (including phenoxy) is 1. The smallest absolute Gasteiger partial charge is 0.327 e. The lowest BCUT2D eigenvalue weighted by atomic mass is 9.76. The lowest BCUT2D eigenvalue weighted by molar-refractivity contribution is -0.153. The van der Waals surface area contributed by atoms with Crippen molar-refractivity contribution in [3.8, 4) is 6.07 Å². The van der Waals surface area contributed by atoms with Crippen LogP contribution in [-0.2, 0) is 9.53 Å². The normalized spacial score (nSPS) is 33.7. The van der Waals surface area contributed by atoms with E-state index in [1.807, 2.05) is 0 Å². The molecule has 0 amide bonds. The van der Waals surface area contributed by atoms with E-state index in [9.17, 15) is 4.79 Å². The van der Waals surface area contributed by atoms with E-state index in [0.29, 0.717) is 13.0 Å². The second-order valence-electron chi connectivity index (χ2n) is 3.98. The standard InChI is InChI=1S/C11H13NO2/c1-2-14-10(13)11(7-12)6-8-3-4-9(11)5-8/h3,9H,2,4-6H2,1H3. The molecule has 14 heavy (non-hydrogen) atoms. The summed E-state index contributed by atoms with van der Waals surface area (Å²) in [6.45, 7) is 2.13. The van der Waals surface area contributed by atoms with Crippen LogP contribution >= 0.6 is 0 Å². The fourth-order valence-electron chi connectivity index (χ4n) is 2.49. The first-order valence-corrected chi connectivity index (χ1v) is 4.99. The molecule has 0 aliphatic heterocycles. The molecule has 0 aromatic carbocycles. The first-order chi connectivity index (χ1) is 6.73. The molecule has 0 heterocycles. The number of esters is 1. The van der Waals surface area contributed by atoms with Crippen molar-refractivity contribution in [2.75, 3.05) is 6.61 Å². The molecular formula is C11H13NO2. The van der Waals surface area contributed by atoms with Crippen LogP contribution in [0.1, 0.15) is 26.2 Å². The largest absolute Gasteiger partial charge is 0.465 e. The molecule has 2 aliphatic rings. The fraction of sp³-hybridized carbons (Fsp3) is 0.636. The van der Waals surface area contributed by atoms with Crippen molar-refractivity contribution in [3.05, 3.63) is 11.6 Å². The number of hydrogen-bond donors (Lipinski definition) is 0. The Hall–Kier alpha value is -1.30. The van der Waals surface area contributed by atoms with E-state index < -0.39 is 5.41 Å². The van der Waals surface area contributed by atoms with E-state index in [2.05, 4.69) is 12.1 Å². The second-order valence-corrected chi connectivity index (χ2v) is 3.98. The van der Waals surface area contributed by atoms with Gasteiger partial charge in [-0.05, 0) is 32.1 Å². The van der Waals surface area contributed by atoms with Crippen LogP contribution in [0.25, 0.3) is 0 Å². The Morgan fingerprint density at radius 1 is 1.86 bits per heavy atom. The Labute approximate surface area is 83.4 Å². The van der Waals surface area contributed by atoms with Crippen LogP contribution in [0.2, 0.25) is 0 Å². The monoisotopic (exact) mass is 191 g/mol. The molecular weight excluding hydrogens is 178 g/mol. The van der Waals surface area contributed by atoms with Crippen LogP contribution in [0, 0.1) is 22.7 Å². The average molecular weight is 191 g/mol. The molecule has 2 unspecified atom stereocenters. The molecule has 0 spiro atoms. The van der Waals surface area contributed by atoms with Crippen LogP contribution in [0.5, 0.6) is 0 Å². The number of carbonyl (C=O) groups excluding carboxylic acids is 1. The maximum atomic E-state index is 11.7. The molecule has 3 nitrogen and oxygen atoms in total. The van der Waals surface area contributed by atoms with Crippen LogP contribution in [0.4, 0.5) is 0 Å². The quantitative estimate of drug-likeness (QED) is 0.494. The second kappa shape index (κ2) is 3.13. The van der Waals surface area contributed by atoms with E-state index in [1.54, 1.807) is 6.92 Å². The molecule has 2 rings (SSSR count). The highest BCUT2D eigenvalue weighted by molar-refractivity contribution is 5.82. The molecule has 0 aromatic heterocycles. The zero-order valence-corrected chi connectivity index (χ0v) is 8.25. The minimum absolute atomic E-state index is 0.168. The molecule has 2 aliphatic carbocycles. The Kier molecular flexibility index (Phi) is 2.07. The third-order valence-corrected chi connectivity index (χ3v) is 3.24. The zero-order chi connectivity index (χ0) is 10.2. The highest BCUT2D eigenvalue weighted by Gasteiger charge is 2.54. The first kappa shape index (κ1) is 9.26. The minimum atomic E-state index is -0.861. The summed E-state index contributed by atoms with van der Waals surface area (Å²) in [7, 11) is 0. The van der Waals surface area contributed by atoms with Gasteiger partial charge in [0.15, 0.2) is 5.41 Å². The van der Waals surface area contributed by atoms with Gasteiger partial charge in [0.2, 0.25) is 0 Å². The number of allylic oxidation sites excluding steroid dienone is 2. The third-order valence-electron chi connectivity index (χ3n) is 3.24. The van der Waals surface area contributed by atoms with Crippen molar-refractivity contribution in [2.45, 2.75) is 26.2 Å². The Balaban J connectivity index is 2.25. The summed E-state index contributed by atoms with van der Waals surface area (Å²) >= 11 is 0. The van der Waals surface area contributed by atoms with E-state index in [-0.39, 0.29) is 11.9 Å². The summed E-state index contributed by atoms with van der Waals surface area (Å²) in [5, 5.41) is 9.16. The Morgan fingerprint density at radius 3 is 3.07 bits per heavy atom. The average Bonchev–Trinajstić information content (AvgIpc) is 2.77. The van der Waals surface area contributed by atoms with Gasteiger partial charge in [0.1, 0.15) is 0 Å². The summed E-state index contributed by atoms with van der Waals surface area (Å²) in [6.07, 6.45) is 4.51. The lowest BCUT2D eigenvalue weighted by Crippen LogP contribution is -2.35. The van der Waals surface area contributed by atoms with E-state index in [0.717, 1.165) is 12.8 Å². The lowest BCUT2D eigenvalue weighted by Gasteiger charge is -2.25. The summed E-state index contributed by atoms with van der Waals surface area (Å²) in [5.74, 6) is -0.155. The predicted molar refractivity (Wildman–Crippen MR) is 50.1 cm³/mol. The van der Waals surface area contributed by atoms with Gasteiger partial charge < -0.3 is 4.74 Å². The van der Waals surface area contributed by atoms with Crippen molar-refractivity contribution < 1.29 is 9.53 Å². The van der Waals surface area contributed by atoms with Gasteiger partial charge in [-0.2, -0.15) is 5.26 Å². The van der Waals surface area contributed by atoms with Crippen molar-refractivity contribution in [1.82, 2.24) is 0 Å². The van der Waals surface area contributed by atoms with Crippen molar-refractivity contribution in [1.29, 1.82) is 5.26 Å². The number of fused-ring (bicyclic) bond motifs is 2. The summed E-state index contributed by atoms with van der Waals surface area (Å²) in [6, 6.07) is 2.18. The summed E-state index contributed by atoms with van der Waals surface area (Å²) < 4.78 is 4.98. The maximum Gasteiger partial charge on any atom is 0.327 e.